The molecule has 0 radical (unpaired) electrons. The Labute approximate surface area is 95.6 Å². The van der Waals surface area contributed by atoms with Gasteiger partial charge in [0.05, 0.1) is 11.5 Å². The molecule has 0 aromatic heterocycles. The Morgan fingerprint density at radius 2 is 2.12 bits per heavy atom. The number of amides is 1. The highest BCUT2D eigenvalue weighted by atomic mass is 16.4. The number of rotatable bonds is 3. The molecule has 0 spiro atoms. The fourth-order valence-electron chi connectivity index (χ4n) is 2.04. The standard InChI is InChI=1S/C11H20N2O3/c1-4-11(3,12)10(16)13-6-5-8(7(13)2)9(14)15/h7-8H,4-6,12H2,1-3H3,(H,14,15). The zero-order valence-electron chi connectivity index (χ0n) is 10.1. The number of carbonyl (C=O) groups excluding carboxylic acids is 1. The van der Waals surface area contributed by atoms with E-state index in [9.17, 15) is 9.59 Å². The lowest BCUT2D eigenvalue weighted by atomic mass is 9.97. The molecule has 1 aliphatic rings. The summed E-state index contributed by atoms with van der Waals surface area (Å²) in [6.45, 7) is 5.81. The molecule has 1 rings (SSSR count). The minimum atomic E-state index is -0.887. The molecule has 92 valence electrons. The van der Waals surface area contributed by atoms with Gasteiger partial charge in [0.2, 0.25) is 5.91 Å². The lowest BCUT2D eigenvalue weighted by Crippen LogP contribution is -2.54. The van der Waals surface area contributed by atoms with Crippen molar-refractivity contribution in [1.82, 2.24) is 4.90 Å². The highest BCUT2D eigenvalue weighted by Crippen LogP contribution is 2.26. The molecule has 1 heterocycles. The third kappa shape index (κ3) is 2.19. The van der Waals surface area contributed by atoms with Gasteiger partial charge in [-0.1, -0.05) is 6.92 Å². The zero-order chi connectivity index (χ0) is 12.5. The monoisotopic (exact) mass is 228 g/mol. The van der Waals surface area contributed by atoms with Gasteiger partial charge in [-0.15, -0.1) is 0 Å². The van der Waals surface area contributed by atoms with Crippen LogP contribution in [0.25, 0.3) is 0 Å². The predicted molar refractivity (Wildman–Crippen MR) is 59.8 cm³/mol. The Hall–Kier alpha value is -1.10. The van der Waals surface area contributed by atoms with Crippen molar-refractivity contribution in [2.75, 3.05) is 6.54 Å². The van der Waals surface area contributed by atoms with Crippen molar-refractivity contribution in [2.24, 2.45) is 11.7 Å². The van der Waals surface area contributed by atoms with E-state index in [0.29, 0.717) is 19.4 Å². The van der Waals surface area contributed by atoms with Crippen molar-refractivity contribution in [3.63, 3.8) is 0 Å². The van der Waals surface area contributed by atoms with E-state index in [-0.39, 0.29) is 11.9 Å². The number of hydrogen-bond donors (Lipinski definition) is 2. The summed E-state index contributed by atoms with van der Waals surface area (Å²) in [7, 11) is 0. The third-order valence-corrected chi connectivity index (χ3v) is 3.56. The van der Waals surface area contributed by atoms with E-state index in [4.69, 9.17) is 10.8 Å². The fourth-order valence-corrected chi connectivity index (χ4v) is 2.04. The van der Waals surface area contributed by atoms with Crippen LogP contribution in [0.1, 0.15) is 33.6 Å². The Bertz CT molecular complexity index is 302. The molecule has 3 atom stereocenters. The maximum absolute atomic E-state index is 12.1. The van der Waals surface area contributed by atoms with E-state index in [2.05, 4.69) is 0 Å². The number of carboxylic acids is 1. The van der Waals surface area contributed by atoms with Crippen molar-refractivity contribution in [2.45, 2.75) is 45.2 Å². The summed E-state index contributed by atoms with van der Waals surface area (Å²) < 4.78 is 0. The van der Waals surface area contributed by atoms with Gasteiger partial charge in [-0.3, -0.25) is 9.59 Å². The Morgan fingerprint density at radius 3 is 2.50 bits per heavy atom. The summed E-state index contributed by atoms with van der Waals surface area (Å²) in [6.07, 6.45) is 1.06. The number of carbonyl (C=O) groups is 2. The number of carboxylic acid groups (broad SMARTS) is 1. The van der Waals surface area contributed by atoms with Crippen molar-refractivity contribution in [3.8, 4) is 0 Å². The molecule has 1 saturated heterocycles. The van der Waals surface area contributed by atoms with E-state index in [1.807, 2.05) is 6.92 Å². The molecule has 3 N–H and O–H groups in total. The Balaban J connectivity index is 2.78. The van der Waals surface area contributed by atoms with Crippen LogP contribution in [-0.4, -0.2) is 40.0 Å². The van der Waals surface area contributed by atoms with Crippen LogP contribution < -0.4 is 5.73 Å². The van der Waals surface area contributed by atoms with Crippen LogP contribution in [0.5, 0.6) is 0 Å². The average molecular weight is 228 g/mol. The molecule has 1 amide bonds. The second kappa shape index (κ2) is 4.41. The first-order chi connectivity index (χ1) is 7.31. The van der Waals surface area contributed by atoms with Crippen LogP contribution in [0.4, 0.5) is 0 Å². The van der Waals surface area contributed by atoms with E-state index in [1.165, 1.54) is 0 Å². The summed E-state index contributed by atoms with van der Waals surface area (Å²) in [4.78, 5) is 24.6. The van der Waals surface area contributed by atoms with Gasteiger partial charge >= 0.3 is 5.97 Å². The van der Waals surface area contributed by atoms with Gasteiger partial charge in [0.15, 0.2) is 0 Å². The molecular formula is C11H20N2O3. The van der Waals surface area contributed by atoms with Crippen molar-refractivity contribution < 1.29 is 14.7 Å². The average Bonchev–Trinajstić information content (AvgIpc) is 2.59. The molecule has 1 aliphatic heterocycles. The van der Waals surface area contributed by atoms with Crippen molar-refractivity contribution in [1.29, 1.82) is 0 Å². The molecular weight excluding hydrogens is 208 g/mol. The lowest BCUT2D eigenvalue weighted by Gasteiger charge is -2.31. The minimum absolute atomic E-state index is 0.147. The smallest absolute Gasteiger partial charge is 0.308 e. The first-order valence-electron chi connectivity index (χ1n) is 5.64. The molecule has 0 aliphatic carbocycles. The normalized spacial score (nSPS) is 28.9. The maximum atomic E-state index is 12.1. The van der Waals surface area contributed by atoms with E-state index < -0.39 is 17.4 Å². The molecule has 16 heavy (non-hydrogen) atoms. The summed E-state index contributed by atoms with van der Waals surface area (Å²) in [5, 5.41) is 8.97. The second-order valence-corrected chi connectivity index (χ2v) is 4.74. The lowest BCUT2D eigenvalue weighted by molar-refractivity contribution is -0.143. The summed E-state index contributed by atoms with van der Waals surface area (Å²) in [6, 6.07) is -0.264. The quantitative estimate of drug-likeness (QED) is 0.734. The summed E-state index contributed by atoms with van der Waals surface area (Å²) in [5.74, 6) is -1.44. The van der Waals surface area contributed by atoms with Gasteiger partial charge in [-0.05, 0) is 26.7 Å². The van der Waals surface area contributed by atoms with Crippen LogP contribution >= 0.6 is 0 Å². The minimum Gasteiger partial charge on any atom is -0.481 e. The number of nitrogens with zero attached hydrogens (tertiary/aromatic N) is 1. The number of nitrogens with two attached hydrogens (primary N) is 1. The Kier molecular flexibility index (Phi) is 3.57. The van der Waals surface area contributed by atoms with Gasteiger partial charge in [-0.2, -0.15) is 0 Å². The Morgan fingerprint density at radius 1 is 1.56 bits per heavy atom. The van der Waals surface area contributed by atoms with Gasteiger partial charge in [0.25, 0.3) is 0 Å². The molecule has 0 bridgehead atoms. The molecule has 0 aromatic rings. The molecule has 1 fully saturated rings. The van der Waals surface area contributed by atoms with Crippen LogP contribution in [0.15, 0.2) is 0 Å². The van der Waals surface area contributed by atoms with Gasteiger partial charge in [0.1, 0.15) is 0 Å². The van der Waals surface area contributed by atoms with E-state index in [0.717, 1.165) is 0 Å². The largest absolute Gasteiger partial charge is 0.481 e. The predicted octanol–water partition coefficient (Wildman–Crippen LogP) is 0.435. The number of likely N-dealkylation sites (tertiary alicyclic amines) is 1. The molecule has 0 saturated carbocycles. The zero-order valence-corrected chi connectivity index (χ0v) is 10.1. The third-order valence-electron chi connectivity index (χ3n) is 3.56. The second-order valence-electron chi connectivity index (χ2n) is 4.74. The van der Waals surface area contributed by atoms with E-state index >= 15 is 0 Å². The van der Waals surface area contributed by atoms with Crippen LogP contribution in [0.2, 0.25) is 0 Å². The SMILES string of the molecule is CCC(C)(N)C(=O)N1CCC(C(=O)O)C1C. The van der Waals surface area contributed by atoms with Gasteiger partial charge in [0, 0.05) is 12.6 Å². The highest BCUT2D eigenvalue weighted by molar-refractivity contribution is 5.87. The van der Waals surface area contributed by atoms with Crippen LogP contribution in [0.3, 0.4) is 0 Å². The van der Waals surface area contributed by atoms with E-state index in [1.54, 1.807) is 18.7 Å². The fraction of sp³-hybridized carbons (Fsp3) is 0.818. The van der Waals surface area contributed by atoms with Crippen molar-refractivity contribution in [3.05, 3.63) is 0 Å². The topological polar surface area (TPSA) is 83.6 Å². The summed E-state index contributed by atoms with van der Waals surface area (Å²) >= 11 is 0. The first kappa shape index (κ1) is 13.0. The van der Waals surface area contributed by atoms with Crippen LogP contribution in [-0.2, 0) is 9.59 Å². The molecule has 5 heteroatoms. The first-order valence-corrected chi connectivity index (χ1v) is 5.64. The number of aliphatic carboxylic acids is 1. The maximum Gasteiger partial charge on any atom is 0.308 e. The van der Waals surface area contributed by atoms with Gasteiger partial charge in [-0.25, -0.2) is 0 Å². The van der Waals surface area contributed by atoms with Gasteiger partial charge < -0.3 is 15.7 Å². The van der Waals surface area contributed by atoms with Crippen molar-refractivity contribution >= 4 is 11.9 Å². The highest BCUT2D eigenvalue weighted by Gasteiger charge is 2.42. The van der Waals surface area contributed by atoms with Crippen LogP contribution in [0, 0.1) is 5.92 Å². The summed E-state index contributed by atoms with van der Waals surface area (Å²) in [5.41, 5.74) is 5.00. The molecule has 3 unspecified atom stereocenters. The number of hydrogen-bond acceptors (Lipinski definition) is 3. The molecule has 0 aromatic carbocycles. The molecule has 5 nitrogen and oxygen atoms in total.